The van der Waals surface area contributed by atoms with Gasteiger partial charge >= 0.3 is 5.97 Å². The maximum absolute atomic E-state index is 12.2. The molecular weight excluding hydrogens is 330 g/mol. The number of methoxy groups -OCH3 is 1. The van der Waals surface area contributed by atoms with Crippen molar-refractivity contribution in [3.63, 3.8) is 0 Å². The molecule has 132 valence electrons. The smallest absolute Gasteiger partial charge is 0.328 e. The lowest BCUT2D eigenvalue weighted by atomic mass is 9.99. The van der Waals surface area contributed by atoms with Gasteiger partial charge in [0, 0.05) is 12.0 Å². The minimum absolute atomic E-state index is 0.311. The van der Waals surface area contributed by atoms with Gasteiger partial charge in [0.2, 0.25) is 0 Å². The highest BCUT2D eigenvalue weighted by Gasteiger charge is 2.22. The quantitative estimate of drug-likeness (QED) is 0.630. The summed E-state index contributed by atoms with van der Waals surface area (Å²) in [6.45, 7) is 6.18. The molecule has 0 radical (unpaired) electrons. The Bertz CT molecular complexity index is 753. The molecule has 2 aromatic rings. The van der Waals surface area contributed by atoms with Crippen LogP contribution in [0.2, 0.25) is 0 Å². The number of benzene rings is 2. The summed E-state index contributed by atoms with van der Waals surface area (Å²) in [6, 6.07) is 13.8. The highest BCUT2D eigenvalue weighted by Crippen LogP contribution is 2.16. The topological polar surface area (TPSA) is 38.3 Å². The molecule has 0 aliphatic carbocycles. The minimum Gasteiger partial charge on any atom is -0.467 e. The summed E-state index contributed by atoms with van der Waals surface area (Å²) >= 11 is 5.62. The Morgan fingerprint density at radius 1 is 1.16 bits per heavy atom. The Morgan fingerprint density at radius 2 is 1.84 bits per heavy atom. The molecule has 4 heteroatoms. The van der Waals surface area contributed by atoms with Crippen molar-refractivity contribution in [3.05, 3.63) is 70.3 Å². The Balaban J connectivity index is 2.24. The molecule has 3 nitrogen and oxygen atoms in total. The van der Waals surface area contributed by atoms with Gasteiger partial charge in [0.1, 0.15) is 11.0 Å². The van der Waals surface area contributed by atoms with Crippen molar-refractivity contribution in [3.8, 4) is 0 Å². The average molecular weight is 356 g/mol. The van der Waals surface area contributed by atoms with Gasteiger partial charge in [-0.2, -0.15) is 0 Å². The van der Waals surface area contributed by atoms with Crippen molar-refractivity contribution in [2.75, 3.05) is 7.11 Å². The first-order chi connectivity index (χ1) is 12.0. The van der Waals surface area contributed by atoms with Crippen LogP contribution in [-0.2, 0) is 22.4 Å². The molecule has 1 atom stereocenters. The van der Waals surface area contributed by atoms with Crippen molar-refractivity contribution >= 4 is 23.2 Å². The van der Waals surface area contributed by atoms with E-state index in [1.807, 2.05) is 50.2 Å². The number of carbonyl (C=O) groups is 1. The number of ether oxygens (including phenoxy) is 1. The van der Waals surface area contributed by atoms with Gasteiger partial charge in [-0.05, 0) is 37.0 Å². The molecule has 2 aromatic carbocycles. The fourth-order valence-corrected chi connectivity index (χ4v) is 3.31. The fraction of sp³-hybridized carbons (Fsp3) is 0.333. The second-order valence-electron chi connectivity index (χ2n) is 6.20. The predicted octanol–water partition coefficient (Wildman–Crippen LogP) is 3.92. The van der Waals surface area contributed by atoms with E-state index in [0.717, 1.165) is 23.1 Å². The molecule has 0 saturated carbocycles. The van der Waals surface area contributed by atoms with E-state index in [-0.39, 0.29) is 5.97 Å². The van der Waals surface area contributed by atoms with Gasteiger partial charge in [-0.1, -0.05) is 67.2 Å². The number of carbonyl (C=O) groups excluding carboxylic acids is 1. The predicted molar refractivity (Wildman–Crippen MR) is 106 cm³/mol. The molecule has 25 heavy (non-hydrogen) atoms. The standard InChI is InChI=1S/C21H25NO2S/c1-5-17-8-6-7-15(3)19(17)20(25)22-18(21(23)24-4)13-16-11-9-14(2)10-12-16/h6-12,18H,5,13H2,1-4H3,(H,22,25). The summed E-state index contributed by atoms with van der Waals surface area (Å²) < 4.78 is 4.97. The second kappa shape index (κ2) is 8.77. The van der Waals surface area contributed by atoms with Gasteiger partial charge in [0.05, 0.1) is 7.11 Å². The van der Waals surface area contributed by atoms with E-state index in [9.17, 15) is 4.79 Å². The minimum atomic E-state index is -0.510. The van der Waals surface area contributed by atoms with E-state index in [2.05, 4.69) is 18.3 Å². The van der Waals surface area contributed by atoms with Crippen LogP contribution in [0.15, 0.2) is 42.5 Å². The van der Waals surface area contributed by atoms with Crippen molar-refractivity contribution in [2.45, 2.75) is 39.7 Å². The third kappa shape index (κ3) is 4.89. The zero-order valence-corrected chi connectivity index (χ0v) is 16.1. The zero-order valence-electron chi connectivity index (χ0n) is 15.3. The molecule has 1 unspecified atom stereocenters. The number of esters is 1. The highest BCUT2D eigenvalue weighted by atomic mass is 32.1. The van der Waals surface area contributed by atoms with Crippen molar-refractivity contribution in [1.82, 2.24) is 5.32 Å². The number of hydrogen-bond donors (Lipinski definition) is 1. The molecule has 2 rings (SSSR count). The molecule has 0 bridgehead atoms. The van der Waals surface area contributed by atoms with Gasteiger partial charge in [0.15, 0.2) is 0 Å². The van der Waals surface area contributed by atoms with Crippen LogP contribution in [0.25, 0.3) is 0 Å². The summed E-state index contributed by atoms with van der Waals surface area (Å²) in [5.41, 5.74) is 5.55. The maximum atomic E-state index is 12.2. The van der Waals surface area contributed by atoms with Crippen molar-refractivity contribution in [1.29, 1.82) is 0 Å². The van der Waals surface area contributed by atoms with E-state index in [0.29, 0.717) is 11.4 Å². The molecular formula is C21H25NO2S. The Hall–Kier alpha value is -2.20. The lowest BCUT2D eigenvalue weighted by Crippen LogP contribution is -2.43. The first kappa shape index (κ1) is 19.1. The van der Waals surface area contributed by atoms with Crippen molar-refractivity contribution in [2.24, 2.45) is 0 Å². The Labute approximate surface area is 155 Å². The average Bonchev–Trinajstić information content (AvgIpc) is 2.61. The van der Waals surface area contributed by atoms with E-state index in [1.54, 1.807) is 0 Å². The van der Waals surface area contributed by atoms with Crippen molar-refractivity contribution < 1.29 is 9.53 Å². The van der Waals surface area contributed by atoms with E-state index >= 15 is 0 Å². The van der Waals surface area contributed by atoms with Crippen LogP contribution in [0, 0.1) is 13.8 Å². The SMILES string of the molecule is CCc1cccc(C)c1C(=S)NC(Cc1ccc(C)cc1)C(=O)OC. The third-order valence-electron chi connectivity index (χ3n) is 4.32. The van der Waals surface area contributed by atoms with Crippen LogP contribution in [-0.4, -0.2) is 24.1 Å². The molecule has 0 heterocycles. The zero-order chi connectivity index (χ0) is 18.4. The van der Waals surface area contributed by atoms with E-state index in [4.69, 9.17) is 17.0 Å². The maximum Gasteiger partial charge on any atom is 0.328 e. The van der Waals surface area contributed by atoms with E-state index in [1.165, 1.54) is 18.2 Å². The molecule has 0 aromatic heterocycles. The first-order valence-electron chi connectivity index (χ1n) is 8.49. The van der Waals surface area contributed by atoms with Crippen LogP contribution in [0.3, 0.4) is 0 Å². The van der Waals surface area contributed by atoms with E-state index < -0.39 is 6.04 Å². The van der Waals surface area contributed by atoms with Gasteiger partial charge in [-0.3, -0.25) is 0 Å². The fourth-order valence-electron chi connectivity index (χ4n) is 2.87. The highest BCUT2D eigenvalue weighted by molar-refractivity contribution is 7.80. The summed E-state index contributed by atoms with van der Waals surface area (Å²) in [7, 11) is 1.40. The Morgan fingerprint density at radius 3 is 2.44 bits per heavy atom. The third-order valence-corrected chi connectivity index (χ3v) is 4.64. The molecule has 0 saturated heterocycles. The normalized spacial score (nSPS) is 11.7. The van der Waals surface area contributed by atoms with Crippen LogP contribution in [0.1, 0.15) is 34.7 Å². The summed E-state index contributed by atoms with van der Waals surface area (Å²) in [4.78, 5) is 12.8. The number of rotatable bonds is 6. The molecule has 0 aliphatic heterocycles. The lowest BCUT2D eigenvalue weighted by Gasteiger charge is -2.21. The van der Waals surface area contributed by atoms with Gasteiger partial charge in [-0.25, -0.2) is 4.79 Å². The van der Waals surface area contributed by atoms with Gasteiger partial charge < -0.3 is 10.1 Å². The second-order valence-corrected chi connectivity index (χ2v) is 6.61. The summed E-state index contributed by atoms with van der Waals surface area (Å²) in [5, 5.41) is 3.22. The molecule has 0 aliphatic rings. The largest absolute Gasteiger partial charge is 0.467 e. The summed E-state index contributed by atoms with van der Waals surface area (Å²) in [5.74, 6) is -0.311. The number of nitrogens with one attached hydrogen (secondary N) is 1. The number of aryl methyl sites for hydroxylation is 3. The van der Waals surface area contributed by atoms with Crippen LogP contribution < -0.4 is 5.32 Å². The molecule has 1 N–H and O–H groups in total. The van der Waals surface area contributed by atoms with Gasteiger partial charge in [0.25, 0.3) is 0 Å². The van der Waals surface area contributed by atoms with Crippen LogP contribution >= 0.6 is 12.2 Å². The molecule has 0 fully saturated rings. The lowest BCUT2D eigenvalue weighted by molar-refractivity contribution is -0.142. The van der Waals surface area contributed by atoms with Gasteiger partial charge in [-0.15, -0.1) is 0 Å². The Kier molecular flexibility index (Phi) is 6.71. The van der Waals surface area contributed by atoms with Crippen LogP contribution in [0.4, 0.5) is 0 Å². The number of thiocarbonyl (C=S) groups is 1. The monoisotopic (exact) mass is 355 g/mol. The first-order valence-corrected chi connectivity index (χ1v) is 8.89. The summed E-state index contributed by atoms with van der Waals surface area (Å²) in [6.07, 6.45) is 1.42. The van der Waals surface area contributed by atoms with Crippen LogP contribution in [0.5, 0.6) is 0 Å². The number of hydrogen-bond acceptors (Lipinski definition) is 3. The molecule has 0 spiro atoms. The molecule has 0 amide bonds.